The molecule has 2 saturated heterocycles. The van der Waals surface area contributed by atoms with Gasteiger partial charge in [-0.1, -0.05) is 48.0 Å². The molecule has 2 unspecified atom stereocenters. The van der Waals surface area contributed by atoms with Crippen LogP contribution in [0.2, 0.25) is 5.02 Å². The Kier molecular flexibility index (Phi) is 8.75. The zero-order valence-electron chi connectivity index (χ0n) is 22.2. The highest BCUT2D eigenvalue weighted by Gasteiger charge is 2.42. The van der Waals surface area contributed by atoms with Crippen LogP contribution >= 0.6 is 11.6 Å². The van der Waals surface area contributed by atoms with Gasteiger partial charge in [-0.05, 0) is 63.6 Å². The average molecular weight is 529 g/mol. The molecule has 2 aromatic carbocycles. The predicted octanol–water partition coefficient (Wildman–Crippen LogP) is 5.44. The lowest BCUT2D eigenvalue weighted by atomic mass is 10.0. The maximum Gasteiger partial charge on any atom is 0.318 e. The lowest BCUT2D eigenvalue weighted by Gasteiger charge is -2.33. The van der Waals surface area contributed by atoms with Gasteiger partial charge in [-0.3, -0.25) is 4.79 Å². The van der Waals surface area contributed by atoms with Crippen molar-refractivity contribution in [3.63, 3.8) is 0 Å². The molecule has 0 radical (unpaired) electrons. The number of halogens is 2. The second-order valence-electron chi connectivity index (χ2n) is 10.9. The lowest BCUT2D eigenvalue weighted by molar-refractivity contribution is 0.0769. The molecular weight excluding hydrogens is 491 g/mol. The zero-order valence-corrected chi connectivity index (χ0v) is 22.9. The molecule has 3 amide bonds. The number of likely N-dealkylation sites (tertiary alicyclic amines) is 2. The van der Waals surface area contributed by atoms with Crippen molar-refractivity contribution in [2.45, 2.75) is 52.2 Å². The second kappa shape index (κ2) is 11.8. The number of nitrogens with one attached hydrogen (secondary N) is 1. The summed E-state index contributed by atoms with van der Waals surface area (Å²) in [6.45, 7) is 12.0. The van der Waals surface area contributed by atoms with E-state index in [0.29, 0.717) is 24.9 Å². The first kappa shape index (κ1) is 27.4. The van der Waals surface area contributed by atoms with Crippen LogP contribution < -0.4 is 5.32 Å². The molecule has 1 N–H and O–H groups in total. The molecule has 0 bridgehead atoms. The van der Waals surface area contributed by atoms with Gasteiger partial charge in [0.2, 0.25) is 0 Å². The molecule has 37 heavy (non-hydrogen) atoms. The number of hydrogen-bond donors (Lipinski definition) is 1. The van der Waals surface area contributed by atoms with Crippen molar-refractivity contribution >= 4 is 23.5 Å². The molecular formula is C29H38ClFN4O2. The Balaban J connectivity index is 1.36. The third-order valence-electron chi connectivity index (χ3n) is 7.61. The van der Waals surface area contributed by atoms with Gasteiger partial charge < -0.3 is 20.0 Å². The number of hydrogen-bond acceptors (Lipinski definition) is 3. The van der Waals surface area contributed by atoms with Crippen molar-refractivity contribution in [2.75, 3.05) is 32.7 Å². The largest absolute Gasteiger partial charge is 0.338 e. The van der Waals surface area contributed by atoms with Gasteiger partial charge in [0, 0.05) is 44.8 Å². The standard InChI is InChI=1S/C29H38ClFN4O2/c1-19(2)35(20(3)4)29(37)32-26(21-9-6-5-7-10-21)13-14-33-15-22-17-34(18-23(22)16-33)28(36)27-24(30)11-8-12-25(27)31/h5-12,19-20,22-23,26H,13-18H2,1-4H3,(H,32,37)/t22-,23?,26?/m0/s1. The minimum absolute atomic E-state index is 0.0284. The van der Waals surface area contributed by atoms with Crippen molar-refractivity contribution in [3.05, 3.63) is 70.5 Å². The summed E-state index contributed by atoms with van der Waals surface area (Å²) in [5, 5.41) is 3.44. The monoisotopic (exact) mass is 528 g/mol. The number of carbonyl (C=O) groups excluding carboxylic acids is 2. The smallest absolute Gasteiger partial charge is 0.318 e. The van der Waals surface area contributed by atoms with E-state index in [0.717, 1.165) is 31.6 Å². The first-order valence-corrected chi connectivity index (χ1v) is 13.6. The summed E-state index contributed by atoms with van der Waals surface area (Å²) in [5.41, 5.74) is 1.07. The van der Waals surface area contributed by atoms with Crippen molar-refractivity contribution in [1.29, 1.82) is 0 Å². The van der Waals surface area contributed by atoms with E-state index in [1.807, 2.05) is 50.8 Å². The number of rotatable bonds is 8. The molecule has 8 heteroatoms. The Labute approximate surface area is 224 Å². The van der Waals surface area contributed by atoms with Crippen LogP contribution in [0.4, 0.5) is 9.18 Å². The highest BCUT2D eigenvalue weighted by atomic mass is 35.5. The number of benzene rings is 2. The van der Waals surface area contributed by atoms with Gasteiger partial charge in [-0.25, -0.2) is 9.18 Å². The van der Waals surface area contributed by atoms with Crippen molar-refractivity contribution in [3.8, 4) is 0 Å². The molecule has 2 aromatic rings. The Morgan fingerprint density at radius 2 is 1.59 bits per heavy atom. The Morgan fingerprint density at radius 1 is 0.973 bits per heavy atom. The molecule has 2 fully saturated rings. The molecule has 0 aromatic heterocycles. The SMILES string of the molecule is CC(C)N(C(=O)NC(CCN1CC2CN(C(=O)c3c(F)cccc3Cl)C[C@@H]2C1)c1ccccc1)C(C)C. The number of urea groups is 1. The van der Waals surface area contributed by atoms with E-state index >= 15 is 0 Å². The van der Waals surface area contributed by atoms with E-state index in [4.69, 9.17) is 11.6 Å². The van der Waals surface area contributed by atoms with Crippen LogP contribution in [-0.4, -0.2) is 71.4 Å². The fourth-order valence-corrected chi connectivity index (χ4v) is 6.15. The number of fused-ring (bicyclic) bond motifs is 1. The molecule has 6 nitrogen and oxygen atoms in total. The normalized spacial score (nSPS) is 20.4. The van der Waals surface area contributed by atoms with Crippen LogP contribution in [-0.2, 0) is 0 Å². The number of nitrogens with zero attached hydrogens (tertiary/aromatic N) is 3. The first-order chi connectivity index (χ1) is 17.7. The summed E-state index contributed by atoms with van der Waals surface area (Å²) in [6.07, 6.45) is 0.798. The summed E-state index contributed by atoms with van der Waals surface area (Å²) in [7, 11) is 0. The average Bonchev–Trinajstić information content (AvgIpc) is 3.40. The van der Waals surface area contributed by atoms with Crippen LogP contribution in [0.25, 0.3) is 0 Å². The number of amides is 3. The van der Waals surface area contributed by atoms with Gasteiger partial charge in [0.25, 0.3) is 5.91 Å². The summed E-state index contributed by atoms with van der Waals surface area (Å²) < 4.78 is 14.3. The summed E-state index contributed by atoms with van der Waals surface area (Å²) in [4.78, 5) is 32.2. The van der Waals surface area contributed by atoms with Gasteiger partial charge in [0.15, 0.2) is 0 Å². The fraction of sp³-hybridized carbons (Fsp3) is 0.517. The maximum atomic E-state index is 14.3. The Bertz CT molecular complexity index is 1050. The minimum atomic E-state index is -0.571. The van der Waals surface area contributed by atoms with E-state index in [9.17, 15) is 14.0 Å². The van der Waals surface area contributed by atoms with Crippen LogP contribution in [0.3, 0.4) is 0 Å². The fourth-order valence-electron chi connectivity index (χ4n) is 5.91. The van der Waals surface area contributed by atoms with Gasteiger partial charge in [-0.2, -0.15) is 0 Å². The molecule has 0 aliphatic carbocycles. The molecule has 4 rings (SSSR count). The molecule has 2 aliphatic rings. The van der Waals surface area contributed by atoms with Crippen molar-refractivity contribution < 1.29 is 14.0 Å². The van der Waals surface area contributed by atoms with Gasteiger partial charge in [-0.15, -0.1) is 0 Å². The predicted molar refractivity (Wildman–Crippen MR) is 145 cm³/mol. The van der Waals surface area contributed by atoms with E-state index in [2.05, 4.69) is 22.3 Å². The summed E-state index contributed by atoms with van der Waals surface area (Å²) in [5.74, 6) is -0.178. The van der Waals surface area contributed by atoms with E-state index in [-0.39, 0.29) is 40.6 Å². The zero-order chi connectivity index (χ0) is 26.7. The van der Waals surface area contributed by atoms with Crippen LogP contribution in [0.15, 0.2) is 48.5 Å². The van der Waals surface area contributed by atoms with Crippen molar-refractivity contribution in [1.82, 2.24) is 20.0 Å². The summed E-state index contributed by atoms with van der Waals surface area (Å²) in [6, 6.07) is 14.6. The van der Waals surface area contributed by atoms with Crippen LogP contribution in [0.5, 0.6) is 0 Å². The van der Waals surface area contributed by atoms with Gasteiger partial charge in [0.05, 0.1) is 16.6 Å². The molecule has 200 valence electrons. The van der Waals surface area contributed by atoms with Gasteiger partial charge in [0.1, 0.15) is 5.82 Å². The first-order valence-electron chi connectivity index (χ1n) is 13.2. The van der Waals surface area contributed by atoms with Crippen LogP contribution in [0.1, 0.15) is 56.1 Å². The molecule has 2 aliphatic heterocycles. The Hall–Kier alpha value is -2.64. The molecule has 0 spiro atoms. The third-order valence-corrected chi connectivity index (χ3v) is 7.92. The van der Waals surface area contributed by atoms with E-state index < -0.39 is 5.82 Å². The van der Waals surface area contributed by atoms with E-state index in [1.54, 1.807) is 11.0 Å². The van der Waals surface area contributed by atoms with E-state index in [1.165, 1.54) is 12.1 Å². The molecule has 0 saturated carbocycles. The maximum absolute atomic E-state index is 14.3. The van der Waals surface area contributed by atoms with Crippen LogP contribution in [0, 0.1) is 17.7 Å². The highest BCUT2D eigenvalue weighted by molar-refractivity contribution is 6.33. The third kappa shape index (κ3) is 6.27. The topological polar surface area (TPSA) is 55.9 Å². The van der Waals surface area contributed by atoms with Gasteiger partial charge >= 0.3 is 6.03 Å². The second-order valence-corrected chi connectivity index (χ2v) is 11.3. The van der Waals surface area contributed by atoms with Crippen molar-refractivity contribution in [2.24, 2.45) is 11.8 Å². The number of carbonyl (C=O) groups is 2. The quantitative estimate of drug-likeness (QED) is 0.496. The molecule has 3 atom stereocenters. The Morgan fingerprint density at radius 3 is 2.16 bits per heavy atom. The summed E-state index contributed by atoms with van der Waals surface area (Å²) >= 11 is 6.13. The minimum Gasteiger partial charge on any atom is -0.338 e. The molecule has 2 heterocycles. The lowest BCUT2D eigenvalue weighted by Crippen LogP contribution is -2.49. The highest BCUT2D eigenvalue weighted by Crippen LogP contribution is 2.34.